The van der Waals surface area contributed by atoms with E-state index in [1.165, 1.54) is 19.4 Å². The molecule has 1 atom stereocenters. The zero-order valence-corrected chi connectivity index (χ0v) is 10.7. The van der Waals surface area contributed by atoms with Crippen molar-refractivity contribution in [3.05, 3.63) is 11.1 Å². The van der Waals surface area contributed by atoms with Crippen LogP contribution in [0.5, 0.6) is 0 Å². The number of imide groups is 1. The summed E-state index contributed by atoms with van der Waals surface area (Å²) in [7, 11) is 1.27. The molecule has 1 heterocycles. The van der Waals surface area contributed by atoms with Crippen molar-refractivity contribution in [2.75, 3.05) is 12.8 Å². The van der Waals surface area contributed by atoms with Crippen LogP contribution >= 0.6 is 11.3 Å². The standard InChI is InChI=1S/C9H13N5O3S/c1-4(10)7(15)13-8(16)6(14-17-2)5-3-18-9(11)12-5/h3-4H,10H2,1-2H3,(H2,11,12)(H,13,15,16)/t4-/m0/s1. The van der Waals surface area contributed by atoms with Gasteiger partial charge >= 0.3 is 0 Å². The highest BCUT2D eigenvalue weighted by molar-refractivity contribution is 7.13. The van der Waals surface area contributed by atoms with Gasteiger partial charge in [-0.05, 0) is 6.92 Å². The molecule has 98 valence electrons. The summed E-state index contributed by atoms with van der Waals surface area (Å²) in [6, 6.07) is -0.807. The summed E-state index contributed by atoms with van der Waals surface area (Å²) >= 11 is 1.14. The first-order valence-electron chi connectivity index (χ1n) is 4.89. The van der Waals surface area contributed by atoms with Crippen molar-refractivity contribution < 1.29 is 14.4 Å². The topological polar surface area (TPSA) is 133 Å². The molecular weight excluding hydrogens is 258 g/mol. The summed E-state index contributed by atoms with van der Waals surface area (Å²) in [6.07, 6.45) is 0. The highest BCUT2D eigenvalue weighted by Crippen LogP contribution is 2.12. The summed E-state index contributed by atoms with van der Waals surface area (Å²) in [5.74, 6) is -1.36. The number of rotatable bonds is 4. The molecule has 1 aromatic heterocycles. The number of thiazole rings is 1. The molecule has 18 heavy (non-hydrogen) atoms. The lowest BCUT2D eigenvalue weighted by atomic mass is 10.2. The number of amides is 2. The highest BCUT2D eigenvalue weighted by atomic mass is 32.1. The number of nitrogens with two attached hydrogens (primary N) is 2. The van der Waals surface area contributed by atoms with Gasteiger partial charge in [0.25, 0.3) is 5.91 Å². The smallest absolute Gasteiger partial charge is 0.282 e. The third kappa shape index (κ3) is 3.50. The second-order valence-corrected chi connectivity index (χ2v) is 4.19. The molecule has 5 N–H and O–H groups in total. The van der Waals surface area contributed by atoms with Crippen LogP contribution in [0.15, 0.2) is 10.5 Å². The van der Waals surface area contributed by atoms with Gasteiger partial charge in [0, 0.05) is 5.38 Å². The first-order chi connectivity index (χ1) is 8.45. The number of nitrogens with one attached hydrogen (secondary N) is 1. The largest absolute Gasteiger partial charge is 0.398 e. The van der Waals surface area contributed by atoms with E-state index in [4.69, 9.17) is 11.5 Å². The minimum atomic E-state index is -0.807. The van der Waals surface area contributed by atoms with Crippen molar-refractivity contribution in [1.29, 1.82) is 0 Å². The van der Waals surface area contributed by atoms with Gasteiger partial charge in [0.05, 0.1) is 6.04 Å². The van der Waals surface area contributed by atoms with Gasteiger partial charge in [-0.3, -0.25) is 14.9 Å². The van der Waals surface area contributed by atoms with Gasteiger partial charge in [0.15, 0.2) is 10.8 Å². The van der Waals surface area contributed by atoms with Crippen LogP contribution in [0.3, 0.4) is 0 Å². The second-order valence-electron chi connectivity index (χ2n) is 3.30. The summed E-state index contributed by atoms with van der Waals surface area (Å²) in [6.45, 7) is 1.45. The van der Waals surface area contributed by atoms with Crippen molar-refractivity contribution in [2.45, 2.75) is 13.0 Å². The highest BCUT2D eigenvalue weighted by Gasteiger charge is 2.21. The Labute approximate surface area is 107 Å². The van der Waals surface area contributed by atoms with Crippen molar-refractivity contribution in [3.63, 3.8) is 0 Å². The Morgan fingerprint density at radius 2 is 2.28 bits per heavy atom. The van der Waals surface area contributed by atoms with Crippen molar-refractivity contribution >= 4 is 34.0 Å². The molecule has 1 aromatic rings. The van der Waals surface area contributed by atoms with Crippen LogP contribution in [0, 0.1) is 0 Å². The first-order valence-corrected chi connectivity index (χ1v) is 5.77. The minimum Gasteiger partial charge on any atom is -0.398 e. The third-order valence-corrected chi connectivity index (χ3v) is 2.49. The molecule has 0 fully saturated rings. The maximum Gasteiger partial charge on any atom is 0.282 e. The number of oxime groups is 1. The van der Waals surface area contributed by atoms with Crippen molar-refractivity contribution in [1.82, 2.24) is 10.3 Å². The number of nitrogens with zero attached hydrogens (tertiary/aromatic N) is 2. The van der Waals surface area contributed by atoms with E-state index in [2.05, 4.69) is 20.3 Å². The summed E-state index contributed by atoms with van der Waals surface area (Å²) in [5.41, 5.74) is 10.9. The maximum atomic E-state index is 11.8. The molecular formula is C9H13N5O3S. The summed E-state index contributed by atoms with van der Waals surface area (Å²) in [5, 5.41) is 7.41. The van der Waals surface area contributed by atoms with E-state index >= 15 is 0 Å². The predicted octanol–water partition coefficient (Wildman–Crippen LogP) is -0.934. The van der Waals surface area contributed by atoms with E-state index in [-0.39, 0.29) is 16.5 Å². The molecule has 0 aliphatic rings. The molecule has 8 nitrogen and oxygen atoms in total. The molecule has 0 aliphatic carbocycles. The Morgan fingerprint density at radius 1 is 1.61 bits per heavy atom. The zero-order chi connectivity index (χ0) is 13.7. The summed E-state index contributed by atoms with van der Waals surface area (Å²) < 4.78 is 0. The molecule has 9 heteroatoms. The maximum absolute atomic E-state index is 11.8. The van der Waals surface area contributed by atoms with E-state index in [1.807, 2.05) is 0 Å². The number of nitrogen functional groups attached to an aromatic ring is 1. The van der Waals surface area contributed by atoms with Crippen LogP contribution in [-0.2, 0) is 14.4 Å². The lowest BCUT2D eigenvalue weighted by Gasteiger charge is -2.06. The second kappa shape index (κ2) is 6.07. The Morgan fingerprint density at radius 3 is 2.72 bits per heavy atom. The normalized spacial score (nSPS) is 12.9. The van der Waals surface area contributed by atoms with E-state index < -0.39 is 17.9 Å². The van der Waals surface area contributed by atoms with E-state index in [0.717, 1.165) is 11.3 Å². The lowest BCUT2D eigenvalue weighted by Crippen LogP contribution is -2.44. The fraction of sp³-hybridized carbons (Fsp3) is 0.333. The number of aromatic nitrogens is 1. The van der Waals surface area contributed by atoms with Gasteiger partial charge in [-0.1, -0.05) is 5.16 Å². The van der Waals surface area contributed by atoms with Gasteiger partial charge in [0.1, 0.15) is 12.8 Å². The number of carbonyl (C=O) groups is 2. The van der Waals surface area contributed by atoms with Gasteiger partial charge < -0.3 is 16.3 Å². The molecule has 0 aromatic carbocycles. The van der Waals surface area contributed by atoms with Crippen molar-refractivity contribution in [2.24, 2.45) is 10.9 Å². The number of hydrogen-bond acceptors (Lipinski definition) is 8. The van der Waals surface area contributed by atoms with E-state index in [1.54, 1.807) is 0 Å². The predicted molar refractivity (Wildman–Crippen MR) is 66.9 cm³/mol. The van der Waals surface area contributed by atoms with Crippen LogP contribution in [0.1, 0.15) is 12.6 Å². The van der Waals surface area contributed by atoms with Gasteiger partial charge in [-0.25, -0.2) is 4.98 Å². The monoisotopic (exact) mass is 271 g/mol. The number of hydrogen-bond donors (Lipinski definition) is 3. The number of anilines is 1. The Bertz CT molecular complexity index is 482. The Hall–Kier alpha value is -2.00. The van der Waals surface area contributed by atoms with E-state index in [9.17, 15) is 9.59 Å². The first kappa shape index (κ1) is 14.1. The molecule has 0 aliphatic heterocycles. The Kier molecular flexibility index (Phi) is 4.75. The van der Waals surface area contributed by atoms with Crippen LogP contribution < -0.4 is 16.8 Å². The molecule has 2 amide bonds. The zero-order valence-electron chi connectivity index (χ0n) is 9.84. The van der Waals surface area contributed by atoms with Gasteiger partial charge in [0.2, 0.25) is 5.91 Å². The molecule has 0 saturated carbocycles. The van der Waals surface area contributed by atoms with Crippen LogP contribution in [0.4, 0.5) is 5.13 Å². The average Bonchev–Trinajstić information content (AvgIpc) is 2.72. The van der Waals surface area contributed by atoms with Crippen LogP contribution in [0.2, 0.25) is 0 Å². The van der Waals surface area contributed by atoms with E-state index in [0.29, 0.717) is 0 Å². The molecule has 0 unspecified atom stereocenters. The SMILES string of the molecule is CON=C(C(=O)NC(=O)[C@H](C)N)c1csc(N)n1. The molecule has 0 radical (unpaired) electrons. The van der Waals surface area contributed by atoms with Crippen LogP contribution in [-0.4, -0.2) is 35.7 Å². The van der Waals surface area contributed by atoms with Gasteiger partial charge in [-0.15, -0.1) is 11.3 Å². The molecule has 0 spiro atoms. The fourth-order valence-electron chi connectivity index (χ4n) is 0.977. The Balaban J connectivity index is 2.90. The fourth-order valence-corrected chi connectivity index (χ4v) is 1.52. The van der Waals surface area contributed by atoms with Crippen molar-refractivity contribution in [3.8, 4) is 0 Å². The third-order valence-electron chi connectivity index (χ3n) is 1.81. The quantitative estimate of drug-likeness (QED) is 0.478. The minimum absolute atomic E-state index is 0.139. The number of carbonyl (C=O) groups excluding carboxylic acids is 2. The van der Waals surface area contributed by atoms with Crippen LogP contribution in [0.25, 0.3) is 0 Å². The molecule has 1 rings (SSSR count). The molecule has 0 bridgehead atoms. The summed E-state index contributed by atoms with van der Waals surface area (Å²) in [4.78, 5) is 31.5. The van der Waals surface area contributed by atoms with Gasteiger partial charge in [-0.2, -0.15) is 0 Å². The average molecular weight is 271 g/mol. The molecule has 0 saturated heterocycles. The lowest BCUT2D eigenvalue weighted by molar-refractivity contribution is -0.127.